The topological polar surface area (TPSA) is 87.6 Å². The van der Waals surface area contributed by atoms with Crippen LogP contribution in [0.25, 0.3) is 0 Å². The van der Waals surface area contributed by atoms with E-state index in [9.17, 15) is 13.0 Å². The van der Waals surface area contributed by atoms with Crippen molar-refractivity contribution in [2.45, 2.75) is 42.8 Å². The highest BCUT2D eigenvalue weighted by Gasteiger charge is 2.56. The summed E-state index contributed by atoms with van der Waals surface area (Å²) in [5.41, 5.74) is 0.976. The average Bonchev–Trinajstić information content (AvgIpc) is 3.22. The van der Waals surface area contributed by atoms with Crippen molar-refractivity contribution in [3.63, 3.8) is 0 Å². The Hall–Kier alpha value is -2.11. The molecule has 2 N–H and O–H groups in total. The van der Waals surface area contributed by atoms with Crippen LogP contribution in [0.5, 0.6) is 0 Å². The lowest BCUT2D eigenvalue weighted by Crippen LogP contribution is -2.38. The van der Waals surface area contributed by atoms with Crippen molar-refractivity contribution in [1.82, 2.24) is 9.81 Å². The van der Waals surface area contributed by atoms with Gasteiger partial charge < -0.3 is 5.09 Å². The second-order valence-corrected chi connectivity index (χ2v) is 11.6. The van der Waals surface area contributed by atoms with Gasteiger partial charge in [0.2, 0.25) is 13.3 Å². The van der Waals surface area contributed by atoms with Crippen LogP contribution in [-0.2, 0) is 14.6 Å². The maximum Gasteiger partial charge on any atom is 0.264 e. The third-order valence-corrected chi connectivity index (χ3v) is 9.88. The number of guanidine groups is 1. The molecule has 0 aromatic heterocycles. The summed E-state index contributed by atoms with van der Waals surface area (Å²) in [4.78, 5) is 4.78. The third kappa shape index (κ3) is 3.09. The van der Waals surface area contributed by atoms with E-state index >= 15 is 0 Å². The maximum atomic E-state index is 14.0. The molecule has 1 fully saturated rings. The summed E-state index contributed by atoms with van der Waals surface area (Å²) in [5, 5.41) is 2.89. The molecule has 8 heteroatoms. The van der Waals surface area contributed by atoms with Gasteiger partial charge in [0.15, 0.2) is 0 Å². The van der Waals surface area contributed by atoms with Gasteiger partial charge in [-0.25, -0.2) is 18.1 Å². The average molecular weight is 403 g/mol. The van der Waals surface area contributed by atoms with Crippen molar-refractivity contribution in [3.05, 3.63) is 60.2 Å². The molecule has 4 rings (SSSR count). The lowest BCUT2D eigenvalue weighted by Gasteiger charge is -2.28. The zero-order valence-corrected chi connectivity index (χ0v) is 16.8. The van der Waals surface area contributed by atoms with Crippen molar-refractivity contribution in [2.75, 3.05) is 0 Å². The van der Waals surface area contributed by atoms with Gasteiger partial charge in [0.25, 0.3) is 10.0 Å². The highest BCUT2D eigenvalue weighted by Crippen LogP contribution is 2.64. The van der Waals surface area contributed by atoms with E-state index in [0.29, 0.717) is 18.1 Å². The number of sulfonamides is 1. The summed E-state index contributed by atoms with van der Waals surface area (Å²) in [6.45, 7) is 1.90. The first kappa shape index (κ1) is 18.3. The predicted octanol–water partition coefficient (Wildman–Crippen LogP) is 3.11. The van der Waals surface area contributed by atoms with Gasteiger partial charge in [-0.1, -0.05) is 48.7 Å². The Kier molecular flexibility index (Phi) is 4.40. The van der Waals surface area contributed by atoms with Gasteiger partial charge in [-0.3, -0.25) is 4.57 Å². The Balaban J connectivity index is 1.69. The molecule has 0 bridgehead atoms. The van der Waals surface area contributed by atoms with E-state index in [2.05, 4.69) is 14.8 Å². The fourth-order valence-corrected chi connectivity index (χ4v) is 7.86. The molecule has 0 saturated heterocycles. The molecule has 1 saturated carbocycles. The smallest absolute Gasteiger partial charge is 0.264 e. The number of nitrogens with one attached hydrogen (secondary N) is 2. The largest absolute Gasteiger partial charge is 0.301 e. The molecule has 0 radical (unpaired) electrons. The molecule has 2 aliphatic rings. The zero-order valence-electron chi connectivity index (χ0n) is 15.1. The van der Waals surface area contributed by atoms with Crippen LogP contribution in [-0.4, -0.2) is 19.7 Å². The summed E-state index contributed by atoms with van der Waals surface area (Å²) in [5.74, 6) is 0.0738. The van der Waals surface area contributed by atoms with Crippen molar-refractivity contribution in [2.24, 2.45) is 4.99 Å². The SMILES string of the molecule is Cc1ccc(S(=O)(=O)NC2=NC3(CCCC3)P(=O)(c3ccccc3)N2)cc1. The van der Waals surface area contributed by atoms with Crippen LogP contribution in [0, 0.1) is 6.92 Å². The Labute approximate surface area is 159 Å². The van der Waals surface area contributed by atoms with Crippen LogP contribution < -0.4 is 15.1 Å². The van der Waals surface area contributed by atoms with E-state index in [1.54, 1.807) is 24.3 Å². The first-order valence-electron chi connectivity index (χ1n) is 8.98. The molecule has 6 nitrogen and oxygen atoms in total. The van der Waals surface area contributed by atoms with Crippen molar-refractivity contribution < 1.29 is 13.0 Å². The lowest BCUT2D eigenvalue weighted by molar-refractivity contribution is 0.531. The number of hydrogen-bond acceptors (Lipinski definition) is 4. The summed E-state index contributed by atoms with van der Waals surface area (Å²) >= 11 is 0. The Morgan fingerprint density at radius 1 is 1.04 bits per heavy atom. The number of nitrogens with zero attached hydrogens (tertiary/aromatic N) is 1. The van der Waals surface area contributed by atoms with Gasteiger partial charge in [-0.15, -0.1) is 0 Å². The van der Waals surface area contributed by atoms with Crippen LogP contribution in [0.2, 0.25) is 0 Å². The standard InChI is InChI=1S/C19H22N3O3PS/c1-15-9-11-17(12-10-15)27(24,25)22-18-20-19(13-5-6-14-19)26(23,21-18)16-7-3-2-4-8-16/h2-4,7-12H,5-6,13-14H2,1H3,(H2,20,21,22,23). The highest BCUT2D eigenvalue weighted by molar-refractivity contribution is 7.90. The highest BCUT2D eigenvalue weighted by atomic mass is 32.2. The number of benzene rings is 2. The molecule has 142 valence electrons. The molecule has 1 unspecified atom stereocenters. The van der Waals surface area contributed by atoms with E-state index in [1.807, 2.05) is 37.3 Å². The van der Waals surface area contributed by atoms with Gasteiger partial charge >= 0.3 is 0 Å². The summed E-state index contributed by atoms with van der Waals surface area (Å²) in [7, 11) is -6.93. The predicted molar refractivity (Wildman–Crippen MR) is 107 cm³/mol. The summed E-state index contributed by atoms with van der Waals surface area (Å²) < 4.78 is 42.0. The van der Waals surface area contributed by atoms with Gasteiger partial charge in [0.1, 0.15) is 5.28 Å². The molecular formula is C19H22N3O3PS. The molecule has 2 aromatic carbocycles. The molecule has 1 spiro atoms. The van der Waals surface area contributed by atoms with Crippen LogP contribution in [0.1, 0.15) is 31.2 Å². The molecule has 2 aromatic rings. The van der Waals surface area contributed by atoms with Gasteiger partial charge in [-0.05, 0) is 44.0 Å². The second kappa shape index (κ2) is 6.50. The normalized spacial score (nSPS) is 23.8. The summed E-state index contributed by atoms with van der Waals surface area (Å²) in [6, 6.07) is 15.8. The van der Waals surface area contributed by atoms with Crippen molar-refractivity contribution >= 4 is 28.6 Å². The molecule has 1 heterocycles. The maximum absolute atomic E-state index is 14.0. The number of hydrogen-bond donors (Lipinski definition) is 2. The molecule has 27 heavy (non-hydrogen) atoms. The van der Waals surface area contributed by atoms with E-state index in [0.717, 1.165) is 18.4 Å². The van der Waals surface area contributed by atoms with Gasteiger partial charge in [0.05, 0.1) is 4.90 Å². The Morgan fingerprint density at radius 2 is 1.67 bits per heavy atom. The van der Waals surface area contributed by atoms with Crippen LogP contribution in [0.4, 0.5) is 0 Å². The molecule has 1 aliphatic heterocycles. The zero-order chi connectivity index (χ0) is 19.1. The minimum atomic E-state index is -3.80. The fourth-order valence-electron chi connectivity index (χ4n) is 3.82. The van der Waals surface area contributed by atoms with Gasteiger partial charge in [0, 0.05) is 5.30 Å². The molecule has 0 amide bonds. The first-order valence-corrected chi connectivity index (χ1v) is 12.2. The Bertz CT molecular complexity index is 1030. The van der Waals surface area contributed by atoms with E-state index < -0.39 is 22.6 Å². The van der Waals surface area contributed by atoms with E-state index in [4.69, 9.17) is 0 Å². The minimum absolute atomic E-state index is 0.0738. The number of aliphatic imine (C=N–C) groups is 1. The quantitative estimate of drug-likeness (QED) is 0.771. The lowest BCUT2D eigenvalue weighted by atomic mass is 10.2. The van der Waals surface area contributed by atoms with Gasteiger partial charge in [-0.2, -0.15) is 0 Å². The van der Waals surface area contributed by atoms with Crippen LogP contribution in [0.3, 0.4) is 0 Å². The van der Waals surface area contributed by atoms with Crippen molar-refractivity contribution in [1.29, 1.82) is 0 Å². The monoisotopic (exact) mass is 403 g/mol. The molecule has 1 atom stereocenters. The molecule has 1 aliphatic carbocycles. The van der Waals surface area contributed by atoms with Crippen LogP contribution in [0.15, 0.2) is 64.5 Å². The third-order valence-electron chi connectivity index (χ3n) is 5.26. The van der Waals surface area contributed by atoms with Crippen LogP contribution >= 0.6 is 7.29 Å². The molecular weight excluding hydrogens is 381 g/mol. The fraction of sp³-hybridized carbons (Fsp3) is 0.316. The van der Waals surface area contributed by atoms with E-state index in [-0.39, 0.29) is 10.9 Å². The number of aryl methyl sites for hydroxylation is 1. The minimum Gasteiger partial charge on any atom is -0.301 e. The van der Waals surface area contributed by atoms with Crippen molar-refractivity contribution in [3.8, 4) is 0 Å². The van der Waals surface area contributed by atoms with E-state index in [1.165, 1.54) is 0 Å². The second-order valence-electron chi connectivity index (χ2n) is 7.13. The summed E-state index contributed by atoms with van der Waals surface area (Å²) in [6.07, 6.45) is 3.23. The number of rotatable bonds is 3. The first-order chi connectivity index (χ1) is 12.8. The Morgan fingerprint density at radius 3 is 2.30 bits per heavy atom.